The Labute approximate surface area is 118 Å². The minimum Gasteiger partial charge on any atom is -0.480 e. The number of hydrogen-bond acceptors (Lipinski definition) is 3. The van der Waals surface area contributed by atoms with Gasteiger partial charge in [-0.1, -0.05) is 37.3 Å². The summed E-state index contributed by atoms with van der Waals surface area (Å²) in [5.74, 6) is 0.828. The zero-order chi connectivity index (χ0) is 14.4. The fourth-order valence-corrected chi connectivity index (χ4v) is 2.03. The van der Waals surface area contributed by atoms with E-state index in [2.05, 4.69) is 5.32 Å². The minimum absolute atomic E-state index is 0.420. The maximum atomic E-state index is 11.3. The van der Waals surface area contributed by atoms with Crippen molar-refractivity contribution in [2.45, 2.75) is 32.4 Å². The molecule has 20 heavy (non-hydrogen) atoms. The number of rotatable bonds is 7. The van der Waals surface area contributed by atoms with Crippen molar-refractivity contribution in [2.24, 2.45) is 0 Å². The molecule has 0 spiro atoms. The molecule has 106 valence electrons. The maximum absolute atomic E-state index is 11.3. The Kier molecular flexibility index (Phi) is 4.96. The van der Waals surface area contributed by atoms with Gasteiger partial charge in [0.1, 0.15) is 17.6 Å². The number of furan rings is 1. The lowest BCUT2D eigenvalue weighted by Gasteiger charge is -2.13. The first-order valence-corrected chi connectivity index (χ1v) is 6.76. The largest absolute Gasteiger partial charge is 0.480 e. The first kappa shape index (κ1) is 14.3. The fourth-order valence-electron chi connectivity index (χ4n) is 2.03. The highest BCUT2D eigenvalue weighted by atomic mass is 16.4. The molecule has 1 aromatic carbocycles. The van der Waals surface area contributed by atoms with Crippen LogP contribution in [-0.2, 0) is 24.2 Å². The van der Waals surface area contributed by atoms with E-state index in [0.717, 1.165) is 23.5 Å². The molecule has 2 aromatic rings. The second kappa shape index (κ2) is 6.91. The van der Waals surface area contributed by atoms with Crippen molar-refractivity contribution in [3.05, 3.63) is 59.5 Å². The molecule has 0 aliphatic rings. The predicted octanol–water partition coefficient (Wildman–Crippen LogP) is 2.63. The van der Waals surface area contributed by atoms with Gasteiger partial charge in [-0.15, -0.1) is 0 Å². The number of carboxylic acid groups (broad SMARTS) is 1. The molecule has 0 aliphatic carbocycles. The molecule has 0 saturated carbocycles. The zero-order valence-corrected chi connectivity index (χ0v) is 11.5. The smallest absolute Gasteiger partial charge is 0.321 e. The first-order valence-electron chi connectivity index (χ1n) is 6.76. The second-order valence-electron chi connectivity index (χ2n) is 4.68. The van der Waals surface area contributed by atoms with Crippen molar-refractivity contribution in [3.8, 4) is 0 Å². The van der Waals surface area contributed by atoms with Crippen LogP contribution < -0.4 is 5.32 Å². The SMILES string of the molecule is CCc1ccc(CN[C@H](Cc2ccccc2)C(=O)O)o1. The summed E-state index contributed by atoms with van der Waals surface area (Å²) < 4.78 is 5.56. The third kappa shape index (κ3) is 3.96. The van der Waals surface area contributed by atoms with Gasteiger partial charge in [0, 0.05) is 6.42 Å². The van der Waals surface area contributed by atoms with Gasteiger partial charge >= 0.3 is 5.97 Å². The Morgan fingerprint density at radius 1 is 1.20 bits per heavy atom. The molecule has 4 heteroatoms. The van der Waals surface area contributed by atoms with Crippen LogP contribution in [0.2, 0.25) is 0 Å². The molecule has 0 saturated heterocycles. The van der Waals surface area contributed by atoms with E-state index in [1.165, 1.54) is 0 Å². The Hall–Kier alpha value is -2.07. The molecule has 0 unspecified atom stereocenters. The fraction of sp³-hybridized carbons (Fsp3) is 0.312. The molecule has 2 N–H and O–H groups in total. The predicted molar refractivity (Wildman–Crippen MR) is 76.5 cm³/mol. The van der Waals surface area contributed by atoms with E-state index in [4.69, 9.17) is 4.42 Å². The van der Waals surface area contributed by atoms with Gasteiger partial charge in [-0.3, -0.25) is 10.1 Å². The highest BCUT2D eigenvalue weighted by Gasteiger charge is 2.17. The van der Waals surface area contributed by atoms with E-state index >= 15 is 0 Å². The second-order valence-corrected chi connectivity index (χ2v) is 4.68. The van der Waals surface area contributed by atoms with Crippen LogP contribution in [0.1, 0.15) is 24.0 Å². The van der Waals surface area contributed by atoms with Gasteiger partial charge < -0.3 is 9.52 Å². The molecule has 0 aliphatic heterocycles. The van der Waals surface area contributed by atoms with Gasteiger partial charge in [0.2, 0.25) is 0 Å². The number of aryl methyl sites for hydroxylation is 1. The molecule has 4 nitrogen and oxygen atoms in total. The topological polar surface area (TPSA) is 62.5 Å². The third-order valence-electron chi connectivity index (χ3n) is 3.17. The van der Waals surface area contributed by atoms with Crippen molar-refractivity contribution < 1.29 is 14.3 Å². The Morgan fingerprint density at radius 3 is 2.50 bits per heavy atom. The van der Waals surface area contributed by atoms with E-state index in [1.54, 1.807) is 0 Å². The van der Waals surface area contributed by atoms with E-state index < -0.39 is 12.0 Å². The molecule has 0 amide bonds. The summed E-state index contributed by atoms with van der Waals surface area (Å²) >= 11 is 0. The van der Waals surface area contributed by atoms with Gasteiger partial charge in [0.25, 0.3) is 0 Å². The van der Waals surface area contributed by atoms with Gasteiger partial charge in [-0.05, 0) is 24.1 Å². The van der Waals surface area contributed by atoms with Crippen LogP contribution in [0.3, 0.4) is 0 Å². The van der Waals surface area contributed by atoms with E-state index in [-0.39, 0.29) is 0 Å². The monoisotopic (exact) mass is 273 g/mol. The van der Waals surface area contributed by atoms with E-state index in [1.807, 2.05) is 49.4 Å². The summed E-state index contributed by atoms with van der Waals surface area (Å²) in [4.78, 5) is 11.3. The Balaban J connectivity index is 1.94. The van der Waals surface area contributed by atoms with Crippen LogP contribution in [0.4, 0.5) is 0 Å². The van der Waals surface area contributed by atoms with Crippen molar-refractivity contribution >= 4 is 5.97 Å². The summed E-state index contributed by atoms with van der Waals surface area (Å²) in [5, 5.41) is 12.3. The summed E-state index contributed by atoms with van der Waals surface area (Å²) in [6.45, 7) is 2.44. The highest BCUT2D eigenvalue weighted by Crippen LogP contribution is 2.09. The zero-order valence-electron chi connectivity index (χ0n) is 11.5. The normalized spacial score (nSPS) is 12.2. The third-order valence-corrected chi connectivity index (χ3v) is 3.17. The molecule has 1 aromatic heterocycles. The molecular formula is C16H19NO3. The summed E-state index contributed by atoms with van der Waals surface area (Å²) in [7, 11) is 0. The van der Waals surface area contributed by atoms with Crippen LogP contribution in [0.5, 0.6) is 0 Å². The lowest BCUT2D eigenvalue weighted by molar-refractivity contribution is -0.139. The Bertz CT molecular complexity index is 548. The number of carbonyl (C=O) groups is 1. The molecule has 0 bridgehead atoms. The van der Waals surface area contributed by atoms with Crippen molar-refractivity contribution in [2.75, 3.05) is 0 Å². The van der Waals surface area contributed by atoms with Gasteiger partial charge in [-0.2, -0.15) is 0 Å². The molecule has 0 radical (unpaired) electrons. The van der Waals surface area contributed by atoms with Crippen LogP contribution in [0.15, 0.2) is 46.9 Å². The molecule has 0 fully saturated rings. The number of aliphatic carboxylic acids is 1. The van der Waals surface area contributed by atoms with Crippen LogP contribution in [0, 0.1) is 0 Å². The quantitative estimate of drug-likeness (QED) is 0.814. The van der Waals surface area contributed by atoms with Crippen molar-refractivity contribution in [3.63, 3.8) is 0 Å². The number of nitrogens with one attached hydrogen (secondary N) is 1. The van der Waals surface area contributed by atoms with Crippen molar-refractivity contribution in [1.29, 1.82) is 0 Å². The number of hydrogen-bond donors (Lipinski definition) is 2. The van der Waals surface area contributed by atoms with E-state index in [0.29, 0.717) is 13.0 Å². The molecule has 2 rings (SSSR count). The maximum Gasteiger partial charge on any atom is 0.321 e. The number of carboxylic acids is 1. The lowest BCUT2D eigenvalue weighted by atomic mass is 10.1. The first-order chi connectivity index (χ1) is 9.69. The summed E-state index contributed by atoms with van der Waals surface area (Å²) in [6, 6.07) is 12.8. The van der Waals surface area contributed by atoms with Gasteiger partial charge in [-0.25, -0.2) is 0 Å². The number of benzene rings is 1. The average Bonchev–Trinajstić information content (AvgIpc) is 2.92. The van der Waals surface area contributed by atoms with Gasteiger partial charge in [0.05, 0.1) is 6.54 Å². The van der Waals surface area contributed by atoms with Crippen LogP contribution in [0.25, 0.3) is 0 Å². The molecule has 1 atom stereocenters. The van der Waals surface area contributed by atoms with E-state index in [9.17, 15) is 9.90 Å². The molecular weight excluding hydrogens is 254 g/mol. The average molecular weight is 273 g/mol. The van der Waals surface area contributed by atoms with Crippen LogP contribution in [-0.4, -0.2) is 17.1 Å². The molecule has 1 heterocycles. The minimum atomic E-state index is -0.851. The highest BCUT2D eigenvalue weighted by molar-refractivity contribution is 5.73. The summed E-state index contributed by atoms with van der Waals surface area (Å²) in [5.41, 5.74) is 1.00. The van der Waals surface area contributed by atoms with Crippen LogP contribution >= 0.6 is 0 Å². The summed E-state index contributed by atoms with van der Waals surface area (Å²) in [6.07, 6.45) is 1.30. The lowest BCUT2D eigenvalue weighted by Crippen LogP contribution is -2.38. The van der Waals surface area contributed by atoms with Crippen molar-refractivity contribution in [1.82, 2.24) is 5.32 Å². The van der Waals surface area contributed by atoms with Gasteiger partial charge in [0.15, 0.2) is 0 Å². The standard InChI is InChI=1S/C16H19NO3/c1-2-13-8-9-14(20-13)11-17-15(16(18)19)10-12-6-4-3-5-7-12/h3-9,15,17H,2,10-11H2,1H3,(H,18,19)/t15-/m1/s1. The Morgan fingerprint density at radius 2 is 1.90 bits per heavy atom.